The molecule has 1 heterocycles. The number of pyridine rings is 1. The fourth-order valence-corrected chi connectivity index (χ4v) is 1.67. The minimum absolute atomic E-state index is 0.459. The van der Waals surface area contributed by atoms with Gasteiger partial charge in [0.1, 0.15) is 11.3 Å². The monoisotopic (exact) mass is 314 g/mol. The molecule has 0 radical (unpaired) electrons. The molecule has 16 heavy (non-hydrogen) atoms. The summed E-state index contributed by atoms with van der Waals surface area (Å²) in [5.41, 5.74) is -2.12. The van der Waals surface area contributed by atoms with Crippen molar-refractivity contribution in [2.75, 3.05) is 0 Å². The fourth-order valence-electron chi connectivity index (χ4n) is 0.961. The maximum atomic E-state index is 12.3. The quantitative estimate of drug-likeness (QED) is 0.372. The summed E-state index contributed by atoms with van der Waals surface area (Å²) in [6.07, 6.45) is -2.95. The van der Waals surface area contributed by atoms with E-state index in [2.05, 4.69) is 20.9 Å². The van der Waals surface area contributed by atoms with Crippen LogP contribution in [-0.4, -0.2) is 15.1 Å². The maximum absolute atomic E-state index is 12.3. The Morgan fingerprint density at radius 1 is 1.62 bits per heavy atom. The number of alkyl halides is 2. The van der Waals surface area contributed by atoms with Crippen molar-refractivity contribution in [2.45, 2.75) is 6.43 Å². The van der Waals surface area contributed by atoms with Crippen LogP contribution in [0.5, 0.6) is 0 Å². The highest BCUT2D eigenvalue weighted by atomic mass is 79.9. The molecule has 0 saturated heterocycles. The first-order valence-electron chi connectivity index (χ1n) is 3.67. The lowest BCUT2D eigenvalue weighted by molar-refractivity contribution is -0.386. The Balaban J connectivity index is 3.52. The molecule has 0 fully saturated rings. The zero-order valence-corrected chi connectivity index (χ0v) is 9.63. The Morgan fingerprint density at radius 2 is 2.19 bits per heavy atom. The number of halogens is 4. The van der Waals surface area contributed by atoms with Gasteiger partial charge in [-0.2, -0.15) is 0 Å². The lowest BCUT2D eigenvalue weighted by Crippen LogP contribution is -2.04. The standard InChI is InChI=1S/C7H2BrClF2N2O3/c8-5-4(13(15)16)2(6(9)14)1-3(12-5)7(10)11/h1,7H. The molecule has 5 nitrogen and oxygen atoms in total. The summed E-state index contributed by atoms with van der Waals surface area (Å²) in [7, 11) is 0. The fraction of sp³-hybridized carbons (Fsp3) is 0.143. The summed E-state index contributed by atoms with van der Waals surface area (Å²) < 4.78 is 24.2. The van der Waals surface area contributed by atoms with Crippen molar-refractivity contribution in [1.82, 2.24) is 4.98 Å². The number of hydrogen-bond donors (Lipinski definition) is 0. The van der Waals surface area contributed by atoms with Gasteiger partial charge in [-0.05, 0) is 33.6 Å². The van der Waals surface area contributed by atoms with Gasteiger partial charge in [-0.15, -0.1) is 0 Å². The van der Waals surface area contributed by atoms with Gasteiger partial charge in [0.15, 0.2) is 4.60 Å². The van der Waals surface area contributed by atoms with Crippen molar-refractivity contribution in [3.8, 4) is 0 Å². The highest BCUT2D eigenvalue weighted by molar-refractivity contribution is 9.10. The second kappa shape index (κ2) is 4.79. The van der Waals surface area contributed by atoms with Crippen molar-refractivity contribution in [3.63, 3.8) is 0 Å². The van der Waals surface area contributed by atoms with Gasteiger partial charge in [0, 0.05) is 0 Å². The minimum Gasteiger partial charge on any atom is -0.275 e. The molecule has 0 aliphatic rings. The zero-order valence-electron chi connectivity index (χ0n) is 7.29. The van der Waals surface area contributed by atoms with Crippen LogP contribution in [0, 0.1) is 10.1 Å². The second-order valence-electron chi connectivity index (χ2n) is 2.57. The van der Waals surface area contributed by atoms with Gasteiger partial charge >= 0.3 is 5.69 Å². The summed E-state index contributed by atoms with van der Waals surface area (Å²) in [5.74, 6) is 0. The molecular formula is C7H2BrClF2N2O3. The number of rotatable bonds is 3. The molecule has 1 aromatic rings. The number of hydrogen-bond acceptors (Lipinski definition) is 4. The van der Waals surface area contributed by atoms with E-state index in [1.54, 1.807) is 0 Å². The van der Waals surface area contributed by atoms with Crippen LogP contribution in [0.1, 0.15) is 22.5 Å². The van der Waals surface area contributed by atoms with Crippen molar-refractivity contribution in [3.05, 3.63) is 32.0 Å². The average molecular weight is 315 g/mol. The van der Waals surface area contributed by atoms with Crippen LogP contribution in [0.3, 0.4) is 0 Å². The highest BCUT2D eigenvalue weighted by Gasteiger charge is 2.27. The number of nitro groups is 1. The normalized spacial score (nSPS) is 10.6. The summed E-state index contributed by atoms with van der Waals surface area (Å²) in [4.78, 5) is 23.8. The Hall–Kier alpha value is -1.15. The van der Waals surface area contributed by atoms with Crippen LogP contribution in [-0.2, 0) is 0 Å². The SMILES string of the molecule is O=C(Cl)c1cc(C(F)F)nc(Br)c1[N+](=O)[O-]. The van der Waals surface area contributed by atoms with Gasteiger partial charge in [-0.1, -0.05) is 0 Å². The van der Waals surface area contributed by atoms with Crippen LogP contribution < -0.4 is 0 Å². The first kappa shape index (κ1) is 12.9. The van der Waals surface area contributed by atoms with Gasteiger partial charge in [0.25, 0.3) is 11.7 Å². The van der Waals surface area contributed by atoms with E-state index in [0.717, 1.165) is 0 Å². The number of carbonyl (C=O) groups excluding carboxylic acids is 1. The molecule has 0 aliphatic heterocycles. The molecule has 0 spiro atoms. The molecule has 86 valence electrons. The lowest BCUT2D eigenvalue weighted by atomic mass is 10.2. The second-order valence-corrected chi connectivity index (χ2v) is 3.66. The molecule has 0 aromatic carbocycles. The van der Waals surface area contributed by atoms with Gasteiger partial charge in [0.05, 0.1) is 4.92 Å². The van der Waals surface area contributed by atoms with Crippen molar-refractivity contribution in [1.29, 1.82) is 0 Å². The largest absolute Gasteiger partial charge is 0.314 e. The summed E-state index contributed by atoms with van der Waals surface area (Å²) >= 11 is 7.70. The topological polar surface area (TPSA) is 73.1 Å². The molecule has 0 unspecified atom stereocenters. The van der Waals surface area contributed by atoms with E-state index in [4.69, 9.17) is 11.6 Å². The summed E-state index contributed by atoms with van der Waals surface area (Å²) in [6, 6.07) is 0.600. The highest BCUT2D eigenvalue weighted by Crippen LogP contribution is 2.31. The van der Waals surface area contributed by atoms with Crippen molar-refractivity contribution >= 4 is 38.5 Å². The molecule has 0 bridgehead atoms. The van der Waals surface area contributed by atoms with Crippen molar-refractivity contribution < 1.29 is 18.5 Å². The molecule has 9 heteroatoms. The summed E-state index contributed by atoms with van der Waals surface area (Å²) in [5, 5.41) is 9.37. The predicted octanol–water partition coefficient (Wildman–Crippen LogP) is 3.07. The molecule has 0 amide bonds. The van der Waals surface area contributed by atoms with E-state index in [9.17, 15) is 23.7 Å². The van der Waals surface area contributed by atoms with Crippen LogP contribution in [0.4, 0.5) is 14.5 Å². The van der Waals surface area contributed by atoms with Gasteiger partial charge in [0.2, 0.25) is 0 Å². The Kier molecular flexibility index (Phi) is 3.87. The third kappa shape index (κ3) is 2.50. The Bertz CT molecular complexity index is 469. The molecule has 0 N–H and O–H groups in total. The Labute approximate surface area is 101 Å². The van der Waals surface area contributed by atoms with Crippen LogP contribution in [0.15, 0.2) is 10.7 Å². The molecule has 0 saturated carbocycles. The van der Waals surface area contributed by atoms with E-state index < -0.39 is 38.1 Å². The third-order valence-electron chi connectivity index (χ3n) is 1.59. The average Bonchev–Trinajstić information content (AvgIpc) is 2.15. The zero-order chi connectivity index (χ0) is 12.5. The summed E-state index contributed by atoms with van der Waals surface area (Å²) in [6.45, 7) is 0. The van der Waals surface area contributed by atoms with Crippen LogP contribution >= 0.6 is 27.5 Å². The maximum Gasteiger partial charge on any atom is 0.314 e. The van der Waals surface area contributed by atoms with Crippen molar-refractivity contribution in [2.24, 2.45) is 0 Å². The van der Waals surface area contributed by atoms with Crippen LogP contribution in [0.2, 0.25) is 0 Å². The van der Waals surface area contributed by atoms with Crippen LogP contribution in [0.25, 0.3) is 0 Å². The lowest BCUT2D eigenvalue weighted by Gasteiger charge is -2.03. The first-order chi connectivity index (χ1) is 7.34. The molecule has 1 aromatic heterocycles. The smallest absolute Gasteiger partial charge is 0.275 e. The van der Waals surface area contributed by atoms with Gasteiger partial charge in [-0.3, -0.25) is 14.9 Å². The van der Waals surface area contributed by atoms with E-state index in [1.165, 1.54) is 0 Å². The minimum atomic E-state index is -2.95. The molecular weight excluding hydrogens is 313 g/mol. The Morgan fingerprint density at radius 3 is 2.56 bits per heavy atom. The number of carbonyl (C=O) groups is 1. The van der Waals surface area contributed by atoms with E-state index in [0.29, 0.717) is 6.07 Å². The molecule has 1 rings (SSSR count). The van der Waals surface area contributed by atoms with E-state index in [-0.39, 0.29) is 0 Å². The first-order valence-corrected chi connectivity index (χ1v) is 4.84. The predicted molar refractivity (Wildman–Crippen MR) is 53.7 cm³/mol. The van der Waals surface area contributed by atoms with Gasteiger partial charge < -0.3 is 0 Å². The van der Waals surface area contributed by atoms with Gasteiger partial charge in [-0.25, -0.2) is 13.8 Å². The molecule has 0 aliphatic carbocycles. The number of aromatic nitrogens is 1. The third-order valence-corrected chi connectivity index (χ3v) is 2.34. The molecule has 0 atom stereocenters. The number of nitrogens with zero attached hydrogens (tertiary/aromatic N) is 2. The van der Waals surface area contributed by atoms with E-state index in [1.807, 2.05) is 0 Å². The van der Waals surface area contributed by atoms with E-state index >= 15 is 0 Å².